The summed E-state index contributed by atoms with van der Waals surface area (Å²) in [4.78, 5) is 25.4. The summed E-state index contributed by atoms with van der Waals surface area (Å²) in [5.74, 6) is 0.312. The SMILES string of the molecule is Cc1cc(C(=O)N2CCc3ccc(C(=O)O)cc3C2)c(C)o1. The Labute approximate surface area is 128 Å². The van der Waals surface area contributed by atoms with Crippen LogP contribution in [0.4, 0.5) is 0 Å². The van der Waals surface area contributed by atoms with Crippen LogP contribution >= 0.6 is 0 Å². The summed E-state index contributed by atoms with van der Waals surface area (Å²) in [6.07, 6.45) is 0.733. The molecule has 2 aromatic rings. The number of furan rings is 1. The monoisotopic (exact) mass is 299 g/mol. The van der Waals surface area contributed by atoms with Crippen LogP contribution in [-0.4, -0.2) is 28.4 Å². The van der Waals surface area contributed by atoms with Crippen LogP contribution in [-0.2, 0) is 13.0 Å². The molecular formula is C17H17NO4. The Morgan fingerprint density at radius 3 is 2.59 bits per heavy atom. The van der Waals surface area contributed by atoms with Crippen molar-refractivity contribution in [2.45, 2.75) is 26.8 Å². The molecule has 114 valence electrons. The van der Waals surface area contributed by atoms with Crippen LogP contribution in [0.25, 0.3) is 0 Å². The van der Waals surface area contributed by atoms with E-state index in [1.807, 2.05) is 13.0 Å². The molecule has 0 aliphatic carbocycles. The van der Waals surface area contributed by atoms with Gasteiger partial charge in [0.1, 0.15) is 11.5 Å². The molecule has 3 rings (SSSR count). The van der Waals surface area contributed by atoms with Gasteiger partial charge in [-0.05, 0) is 49.6 Å². The van der Waals surface area contributed by atoms with Crippen molar-refractivity contribution < 1.29 is 19.1 Å². The second kappa shape index (κ2) is 5.33. The van der Waals surface area contributed by atoms with Crippen molar-refractivity contribution in [1.29, 1.82) is 0 Å². The fourth-order valence-corrected chi connectivity index (χ4v) is 2.88. The summed E-state index contributed by atoms with van der Waals surface area (Å²) < 4.78 is 5.42. The number of benzene rings is 1. The van der Waals surface area contributed by atoms with Gasteiger partial charge in [0, 0.05) is 13.1 Å². The van der Waals surface area contributed by atoms with Crippen LogP contribution in [0.2, 0.25) is 0 Å². The number of amides is 1. The third-order valence-electron chi connectivity index (χ3n) is 4.02. The van der Waals surface area contributed by atoms with Gasteiger partial charge in [-0.15, -0.1) is 0 Å². The molecule has 0 radical (unpaired) electrons. The standard InChI is InChI=1S/C17H17NO4/c1-10-7-15(11(2)22-10)16(19)18-6-5-12-3-4-13(17(20)21)8-14(12)9-18/h3-4,7-8H,5-6,9H2,1-2H3,(H,20,21). The summed E-state index contributed by atoms with van der Waals surface area (Å²) in [6, 6.07) is 6.86. The van der Waals surface area contributed by atoms with Gasteiger partial charge in [0.05, 0.1) is 11.1 Å². The number of rotatable bonds is 2. The smallest absolute Gasteiger partial charge is 0.335 e. The molecule has 0 saturated carbocycles. The molecule has 1 N–H and O–H groups in total. The van der Waals surface area contributed by atoms with Crippen LogP contribution in [0.1, 0.15) is 43.4 Å². The highest BCUT2D eigenvalue weighted by atomic mass is 16.4. The fraction of sp³-hybridized carbons (Fsp3) is 0.294. The van der Waals surface area contributed by atoms with Crippen LogP contribution in [0.3, 0.4) is 0 Å². The molecule has 2 heterocycles. The lowest BCUT2D eigenvalue weighted by Gasteiger charge is -2.29. The highest BCUT2D eigenvalue weighted by Gasteiger charge is 2.25. The number of nitrogens with zero attached hydrogens (tertiary/aromatic N) is 1. The molecule has 22 heavy (non-hydrogen) atoms. The van der Waals surface area contributed by atoms with Gasteiger partial charge in [-0.3, -0.25) is 4.79 Å². The zero-order chi connectivity index (χ0) is 15.9. The van der Waals surface area contributed by atoms with E-state index in [2.05, 4.69) is 0 Å². The van der Waals surface area contributed by atoms with Crippen molar-refractivity contribution in [3.05, 3.63) is 58.0 Å². The summed E-state index contributed by atoms with van der Waals surface area (Å²) in [5.41, 5.74) is 2.84. The molecule has 0 fully saturated rings. The second-order valence-electron chi connectivity index (χ2n) is 5.59. The van der Waals surface area contributed by atoms with Gasteiger partial charge in [-0.2, -0.15) is 0 Å². The lowest BCUT2D eigenvalue weighted by molar-refractivity contribution is 0.0696. The maximum absolute atomic E-state index is 12.6. The topological polar surface area (TPSA) is 70.8 Å². The molecule has 0 bridgehead atoms. The minimum atomic E-state index is -0.951. The van der Waals surface area contributed by atoms with Crippen molar-refractivity contribution in [2.75, 3.05) is 6.54 Å². The Morgan fingerprint density at radius 2 is 1.95 bits per heavy atom. The number of aryl methyl sites for hydroxylation is 2. The predicted molar refractivity (Wildman–Crippen MR) is 80.0 cm³/mol. The van der Waals surface area contributed by atoms with E-state index in [1.165, 1.54) is 0 Å². The van der Waals surface area contributed by atoms with E-state index in [4.69, 9.17) is 9.52 Å². The first-order valence-corrected chi connectivity index (χ1v) is 7.17. The first-order valence-electron chi connectivity index (χ1n) is 7.17. The predicted octanol–water partition coefficient (Wildman–Crippen LogP) is 2.79. The highest BCUT2D eigenvalue weighted by Crippen LogP contribution is 2.24. The van der Waals surface area contributed by atoms with E-state index in [9.17, 15) is 9.59 Å². The van der Waals surface area contributed by atoms with Gasteiger partial charge >= 0.3 is 5.97 Å². The molecule has 0 spiro atoms. The third-order valence-corrected chi connectivity index (χ3v) is 4.02. The average Bonchev–Trinajstić information content (AvgIpc) is 2.84. The minimum Gasteiger partial charge on any atom is -0.478 e. The minimum absolute atomic E-state index is 0.0688. The number of carbonyl (C=O) groups is 2. The maximum Gasteiger partial charge on any atom is 0.335 e. The van der Waals surface area contributed by atoms with E-state index in [1.54, 1.807) is 30.0 Å². The summed E-state index contributed by atoms with van der Waals surface area (Å²) >= 11 is 0. The second-order valence-corrected chi connectivity index (χ2v) is 5.59. The molecule has 0 saturated heterocycles. The summed E-state index contributed by atoms with van der Waals surface area (Å²) in [7, 11) is 0. The molecule has 5 heteroatoms. The molecule has 1 aromatic carbocycles. The van der Waals surface area contributed by atoms with Gasteiger partial charge in [-0.25, -0.2) is 4.79 Å². The van der Waals surface area contributed by atoms with E-state index in [0.717, 1.165) is 17.5 Å². The molecular weight excluding hydrogens is 282 g/mol. The van der Waals surface area contributed by atoms with Gasteiger partial charge in [0.25, 0.3) is 5.91 Å². The Kier molecular flexibility index (Phi) is 3.48. The molecule has 0 atom stereocenters. The largest absolute Gasteiger partial charge is 0.478 e. The molecule has 5 nitrogen and oxygen atoms in total. The number of carboxylic acid groups (broad SMARTS) is 1. The van der Waals surface area contributed by atoms with Crippen LogP contribution in [0.5, 0.6) is 0 Å². The van der Waals surface area contributed by atoms with Crippen LogP contribution in [0.15, 0.2) is 28.7 Å². The number of carboxylic acids is 1. The molecule has 1 aliphatic rings. The van der Waals surface area contributed by atoms with Crippen molar-refractivity contribution in [3.8, 4) is 0 Å². The number of carbonyl (C=O) groups excluding carboxylic acids is 1. The van der Waals surface area contributed by atoms with E-state index >= 15 is 0 Å². The quantitative estimate of drug-likeness (QED) is 0.925. The molecule has 1 aliphatic heterocycles. The first kappa shape index (κ1) is 14.4. The third kappa shape index (κ3) is 2.50. The highest BCUT2D eigenvalue weighted by molar-refractivity contribution is 5.95. The Morgan fingerprint density at radius 1 is 1.18 bits per heavy atom. The van der Waals surface area contributed by atoms with E-state index < -0.39 is 5.97 Å². The molecule has 1 amide bonds. The summed E-state index contributed by atoms with van der Waals surface area (Å²) in [5, 5.41) is 9.09. The van der Waals surface area contributed by atoms with Crippen molar-refractivity contribution in [2.24, 2.45) is 0 Å². The number of hydrogen-bond acceptors (Lipinski definition) is 3. The Balaban J connectivity index is 1.87. The van der Waals surface area contributed by atoms with Gasteiger partial charge in [0.2, 0.25) is 0 Å². The van der Waals surface area contributed by atoms with Crippen LogP contribution in [0, 0.1) is 13.8 Å². The van der Waals surface area contributed by atoms with Crippen molar-refractivity contribution >= 4 is 11.9 Å². The van der Waals surface area contributed by atoms with E-state index in [-0.39, 0.29) is 11.5 Å². The lowest BCUT2D eigenvalue weighted by Crippen LogP contribution is -2.36. The van der Waals surface area contributed by atoms with Crippen LogP contribution < -0.4 is 0 Å². The zero-order valence-electron chi connectivity index (χ0n) is 12.5. The van der Waals surface area contributed by atoms with Crippen molar-refractivity contribution in [3.63, 3.8) is 0 Å². The fourth-order valence-electron chi connectivity index (χ4n) is 2.88. The Bertz CT molecular complexity index is 760. The number of hydrogen-bond donors (Lipinski definition) is 1. The Hall–Kier alpha value is -2.56. The normalized spacial score (nSPS) is 13.8. The average molecular weight is 299 g/mol. The summed E-state index contributed by atoms with van der Waals surface area (Å²) in [6.45, 7) is 4.65. The zero-order valence-corrected chi connectivity index (χ0v) is 12.5. The maximum atomic E-state index is 12.6. The molecule has 1 aromatic heterocycles. The number of aromatic carboxylic acids is 1. The van der Waals surface area contributed by atoms with Gasteiger partial charge < -0.3 is 14.4 Å². The molecule has 0 unspecified atom stereocenters. The first-order chi connectivity index (χ1) is 10.5. The van der Waals surface area contributed by atoms with Crippen molar-refractivity contribution in [1.82, 2.24) is 4.90 Å². The number of fused-ring (bicyclic) bond motifs is 1. The van der Waals surface area contributed by atoms with Gasteiger partial charge in [-0.1, -0.05) is 6.07 Å². The van der Waals surface area contributed by atoms with E-state index in [0.29, 0.717) is 30.2 Å². The van der Waals surface area contributed by atoms with Gasteiger partial charge in [0.15, 0.2) is 0 Å². The lowest BCUT2D eigenvalue weighted by atomic mass is 9.97.